The fourth-order valence-corrected chi connectivity index (χ4v) is 2.39. The minimum absolute atomic E-state index is 0.175. The Hall–Kier alpha value is -1.97. The quantitative estimate of drug-likeness (QED) is 0.650. The zero-order chi connectivity index (χ0) is 13.9. The largest absolute Gasteiger partial charge is 0.467 e. The van der Waals surface area contributed by atoms with Crippen molar-refractivity contribution < 1.29 is 13.9 Å². The maximum Gasteiger partial charge on any atom is 0.188 e. The highest BCUT2D eigenvalue weighted by atomic mass is 35.5. The van der Waals surface area contributed by atoms with Gasteiger partial charge in [-0.05, 0) is 24.3 Å². The van der Waals surface area contributed by atoms with Crippen molar-refractivity contribution in [3.8, 4) is 17.1 Å². The smallest absolute Gasteiger partial charge is 0.188 e. The lowest BCUT2D eigenvalue weighted by atomic mass is 10.1. The number of para-hydroxylation sites is 2. The zero-order valence-corrected chi connectivity index (χ0v) is 11.7. The Labute approximate surface area is 121 Å². The minimum Gasteiger partial charge on any atom is -0.467 e. The lowest BCUT2D eigenvalue weighted by molar-refractivity contribution is 0.0514. The summed E-state index contributed by atoms with van der Waals surface area (Å²) in [6.45, 7) is 0.175. The van der Waals surface area contributed by atoms with Crippen molar-refractivity contribution in [2.45, 2.75) is 0 Å². The molecule has 0 aliphatic heterocycles. The molecule has 0 amide bonds. The molecule has 1 aromatic heterocycles. The predicted molar refractivity (Wildman–Crippen MR) is 79.2 cm³/mol. The molecule has 20 heavy (non-hydrogen) atoms. The third-order valence-corrected chi connectivity index (χ3v) is 3.37. The summed E-state index contributed by atoms with van der Waals surface area (Å²) in [5.41, 5.74) is 1.57. The van der Waals surface area contributed by atoms with Gasteiger partial charge in [0, 0.05) is 12.5 Å². The number of hydrogen-bond acceptors (Lipinski definition) is 3. The zero-order valence-electron chi connectivity index (χ0n) is 10.9. The number of furan rings is 1. The summed E-state index contributed by atoms with van der Waals surface area (Å²) < 4.78 is 16.3. The van der Waals surface area contributed by atoms with Crippen LogP contribution in [0, 0.1) is 0 Å². The molecule has 0 atom stereocenters. The molecule has 0 aliphatic carbocycles. The summed E-state index contributed by atoms with van der Waals surface area (Å²) in [6.07, 6.45) is 0. The third-order valence-electron chi connectivity index (χ3n) is 3.00. The van der Waals surface area contributed by atoms with E-state index in [4.69, 9.17) is 25.5 Å². The Balaban J connectivity index is 2.13. The molecule has 0 radical (unpaired) electrons. The molecule has 0 saturated heterocycles. The first kappa shape index (κ1) is 13.0. The number of halogens is 1. The van der Waals surface area contributed by atoms with Gasteiger partial charge in [0.15, 0.2) is 12.6 Å². The van der Waals surface area contributed by atoms with Gasteiger partial charge in [-0.15, -0.1) is 0 Å². The van der Waals surface area contributed by atoms with Gasteiger partial charge in [0.05, 0.1) is 10.6 Å². The van der Waals surface area contributed by atoms with Gasteiger partial charge < -0.3 is 13.9 Å². The SMILES string of the molecule is COCOc1ccccc1-c1oc2ccccc2c1Cl. The second-order valence-corrected chi connectivity index (χ2v) is 4.67. The summed E-state index contributed by atoms with van der Waals surface area (Å²) >= 11 is 6.42. The van der Waals surface area contributed by atoms with Crippen LogP contribution in [0.3, 0.4) is 0 Å². The van der Waals surface area contributed by atoms with Gasteiger partial charge in [-0.3, -0.25) is 0 Å². The molecule has 102 valence electrons. The van der Waals surface area contributed by atoms with Crippen LogP contribution >= 0.6 is 11.6 Å². The average molecular weight is 289 g/mol. The predicted octanol–water partition coefficient (Wildman–Crippen LogP) is 4.74. The van der Waals surface area contributed by atoms with Crippen LogP contribution in [0.2, 0.25) is 5.02 Å². The van der Waals surface area contributed by atoms with E-state index in [9.17, 15) is 0 Å². The summed E-state index contributed by atoms with van der Waals surface area (Å²) in [6, 6.07) is 15.3. The summed E-state index contributed by atoms with van der Waals surface area (Å²) in [7, 11) is 1.58. The van der Waals surface area contributed by atoms with Crippen molar-refractivity contribution in [3.05, 3.63) is 53.6 Å². The monoisotopic (exact) mass is 288 g/mol. The molecule has 0 unspecified atom stereocenters. The van der Waals surface area contributed by atoms with E-state index in [0.29, 0.717) is 16.5 Å². The molecule has 4 heteroatoms. The molecule has 0 fully saturated rings. The van der Waals surface area contributed by atoms with E-state index in [2.05, 4.69) is 0 Å². The van der Waals surface area contributed by atoms with Crippen molar-refractivity contribution in [1.29, 1.82) is 0 Å². The lowest BCUT2D eigenvalue weighted by Gasteiger charge is -2.08. The summed E-state index contributed by atoms with van der Waals surface area (Å²) in [5.74, 6) is 1.29. The summed E-state index contributed by atoms with van der Waals surface area (Å²) in [5, 5.41) is 1.49. The molecular weight excluding hydrogens is 276 g/mol. The first-order valence-electron chi connectivity index (χ1n) is 6.19. The molecule has 0 N–H and O–H groups in total. The van der Waals surface area contributed by atoms with Crippen LogP contribution < -0.4 is 4.74 Å². The van der Waals surface area contributed by atoms with E-state index in [1.165, 1.54) is 0 Å². The van der Waals surface area contributed by atoms with Crippen molar-refractivity contribution in [3.63, 3.8) is 0 Å². The van der Waals surface area contributed by atoms with Gasteiger partial charge in [-0.2, -0.15) is 0 Å². The molecule has 0 bridgehead atoms. The van der Waals surface area contributed by atoms with E-state index in [-0.39, 0.29) is 6.79 Å². The molecule has 0 spiro atoms. The van der Waals surface area contributed by atoms with E-state index < -0.39 is 0 Å². The van der Waals surface area contributed by atoms with E-state index in [0.717, 1.165) is 16.5 Å². The van der Waals surface area contributed by atoms with E-state index in [1.54, 1.807) is 7.11 Å². The lowest BCUT2D eigenvalue weighted by Crippen LogP contribution is -1.99. The molecule has 0 saturated carbocycles. The Morgan fingerprint density at radius 2 is 1.80 bits per heavy atom. The fourth-order valence-electron chi connectivity index (χ4n) is 2.09. The van der Waals surface area contributed by atoms with Gasteiger partial charge in [-0.1, -0.05) is 35.9 Å². The molecule has 0 aliphatic rings. The first-order valence-corrected chi connectivity index (χ1v) is 6.57. The Morgan fingerprint density at radius 3 is 2.60 bits per heavy atom. The highest BCUT2D eigenvalue weighted by Crippen LogP contribution is 2.40. The number of methoxy groups -OCH3 is 1. The third kappa shape index (κ3) is 2.26. The van der Waals surface area contributed by atoms with Crippen molar-refractivity contribution in [2.24, 2.45) is 0 Å². The van der Waals surface area contributed by atoms with Crippen LogP contribution in [0.4, 0.5) is 0 Å². The van der Waals surface area contributed by atoms with Crippen molar-refractivity contribution in [2.75, 3.05) is 13.9 Å². The van der Waals surface area contributed by atoms with Crippen LogP contribution in [-0.4, -0.2) is 13.9 Å². The Bertz CT molecular complexity index is 733. The van der Waals surface area contributed by atoms with Gasteiger partial charge >= 0.3 is 0 Å². The highest BCUT2D eigenvalue weighted by Gasteiger charge is 2.17. The number of ether oxygens (including phenoxy) is 2. The number of benzene rings is 2. The van der Waals surface area contributed by atoms with Crippen LogP contribution in [-0.2, 0) is 4.74 Å². The molecule has 1 heterocycles. The molecule has 3 rings (SSSR count). The van der Waals surface area contributed by atoms with Crippen LogP contribution in [0.15, 0.2) is 52.9 Å². The second kappa shape index (κ2) is 5.57. The number of hydrogen-bond donors (Lipinski definition) is 0. The topological polar surface area (TPSA) is 31.6 Å². The Morgan fingerprint density at radius 1 is 1.05 bits per heavy atom. The molecular formula is C16H13ClO3. The average Bonchev–Trinajstić information content (AvgIpc) is 2.83. The van der Waals surface area contributed by atoms with Crippen LogP contribution in [0.25, 0.3) is 22.3 Å². The Kier molecular flexibility index (Phi) is 3.63. The van der Waals surface area contributed by atoms with E-state index in [1.807, 2.05) is 48.5 Å². The maximum atomic E-state index is 6.42. The maximum absolute atomic E-state index is 6.42. The highest BCUT2D eigenvalue weighted by molar-refractivity contribution is 6.38. The van der Waals surface area contributed by atoms with Gasteiger partial charge in [0.1, 0.15) is 11.3 Å². The molecule has 2 aromatic carbocycles. The van der Waals surface area contributed by atoms with Crippen LogP contribution in [0.5, 0.6) is 5.75 Å². The van der Waals surface area contributed by atoms with Crippen molar-refractivity contribution >= 4 is 22.6 Å². The molecule has 3 nitrogen and oxygen atoms in total. The first-order chi connectivity index (χ1) is 9.81. The van der Waals surface area contributed by atoms with Gasteiger partial charge in [0.25, 0.3) is 0 Å². The normalized spacial score (nSPS) is 10.9. The number of fused-ring (bicyclic) bond motifs is 1. The minimum atomic E-state index is 0.175. The summed E-state index contributed by atoms with van der Waals surface area (Å²) in [4.78, 5) is 0. The standard InChI is InChI=1S/C16H13ClO3/c1-18-10-19-13-8-4-3-7-12(13)16-15(17)11-6-2-5-9-14(11)20-16/h2-9H,10H2,1H3. The van der Waals surface area contributed by atoms with Crippen LogP contribution in [0.1, 0.15) is 0 Å². The van der Waals surface area contributed by atoms with E-state index >= 15 is 0 Å². The molecule has 3 aromatic rings. The fraction of sp³-hybridized carbons (Fsp3) is 0.125. The van der Waals surface area contributed by atoms with Crippen molar-refractivity contribution in [1.82, 2.24) is 0 Å². The van der Waals surface area contributed by atoms with Gasteiger partial charge in [-0.25, -0.2) is 0 Å². The van der Waals surface area contributed by atoms with Gasteiger partial charge in [0.2, 0.25) is 0 Å². The number of rotatable bonds is 4. The second-order valence-electron chi connectivity index (χ2n) is 4.29.